The summed E-state index contributed by atoms with van der Waals surface area (Å²) in [5, 5.41) is 10.2. The molecule has 0 aliphatic rings. The van der Waals surface area contributed by atoms with Gasteiger partial charge in [0, 0.05) is 38.5 Å². The molecule has 0 radical (unpaired) electrons. The van der Waals surface area contributed by atoms with E-state index in [-0.39, 0.29) is 12.5 Å². The molecule has 228 valence electrons. The van der Waals surface area contributed by atoms with Crippen molar-refractivity contribution in [3.63, 3.8) is 0 Å². The zero-order valence-corrected chi connectivity index (χ0v) is 26.0. The van der Waals surface area contributed by atoms with Gasteiger partial charge in [0.25, 0.3) is 5.91 Å². The average molecular weight is 648 g/mol. The van der Waals surface area contributed by atoms with Gasteiger partial charge < -0.3 is 9.47 Å². The number of carbonyl (C=O) groups is 1. The van der Waals surface area contributed by atoms with Crippen LogP contribution in [0, 0.1) is 0 Å². The Hall–Kier alpha value is -5.37. The number of benzene rings is 5. The lowest BCUT2D eigenvalue weighted by atomic mass is 10.1. The minimum Gasteiger partial charge on any atom is -0.489 e. The first kappa shape index (κ1) is 30.6. The van der Waals surface area contributed by atoms with Crippen molar-refractivity contribution in [3.8, 4) is 28.4 Å². The van der Waals surface area contributed by atoms with Gasteiger partial charge in [-0.3, -0.25) is 4.79 Å². The van der Waals surface area contributed by atoms with Crippen molar-refractivity contribution in [2.45, 2.75) is 13.2 Å². The van der Waals surface area contributed by atoms with Crippen LogP contribution in [-0.4, -0.2) is 21.9 Å². The Balaban J connectivity index is 1.13. The fourth-order valence-electron chi connectivity index (χ4n) is 4.60. The zero-order chi connectivity index (χ0) is 31.7. The first-order chi connectivity index (χ1) is 22.5. The van der Waals surface area contributed by atoms with Gasteiger partial charge in [-0.2, -0.15) is 10.2 Å². The smallest absolute Gasteiger partial charge is 0.271 e. The van der Waals surface area contributed by atoms with Crippen LogP contribution in [0.15, 0.2) is 139 Å². The number of rotatable bonds is 11. The number of carbonyl (C=O) groups excluding carboxylic acids is 1. The summed E-state index contributed by atoms with van der Waals surface area (Å²) in [7, 11) is 0. The maximum atomic E-state index is 12.9. The van der Waals surface area contributed by atoms with E-state index in [2.05, 4.69) is 10.5 Å². The predicted octanol–water partition coefficient (Wildman–Crippen LogP) is 8.77. The number of ether oxygens (including phenoxy) is 2. The Bertz CT molecular complexity index is 1940. The minimum absolute atomic E-state index is 0.272. The van der Waals surface area contributed by atoms with Gasteiger partial charge in [0.05, 0.1) is 11.9 Å². The molecule has 1 amide bonds. The number of nitrogens with one attached hydrogen (secondary N) is 1. The Morgan fingerprint density at radius 2 is 1.43 bits per heavy atom. The van der Waals surface area contributed by atoms with Gasteiger partial charge in [0.2, 0.25) is 0 Å². The highest BCUT2D eigenvalue weighted by Crippen LogP contribution is 2.26. The molecule has 0 bridgehead atoms. The van der Waals surface area contributed by atoms with E-state index in [1.54, 1.807) is 47.3 Å². The van der Waals surface area contributed by atoms with E-state index in [0.717, 1.165) is 33.7 Å². The molecule has 1 heterocycles. The van der Waals surface area contributed by atoms with Crippen LogP contribution in [0.25, 0.3) is 16.9 Å². The summed E-state index contributed by atoms with van der Waals surface area (Å²) >= 11 is 12.2. The van der Waals surface area contributed by atoms with Crippen LogP contribution in [-0.2, 0) is 13.2 Å². The van der Waals surface area contributed by atoms with Crippen molar-refractivity contribution in [3.05, 3.63) is 166 Å². The first-order valence-electron chi connectivity index (χ1n) is 14.4. The van der Waals surface area contributed by atoms with E-state index in [1.807, 2.05) is 97.2 Å². The van der Waals surface area contributed by atoms with Crippen molar-refractivity contribution in [1.29, 1.82) is 0 Å². The standard InChI is InChI=1S/C37H28Cl2N4O3/c38-31-16-11-29(35(39)21-31)25-46-34-19-14-28(15-20-34)37(44)41-40-22-30-23-43(32-9-5-2-6-10-32)42-36(30)27-12-17-33(18-13-27)45-24-26-7-3-1-4-8-26/h1-23H,24-25H2,(H,41,44)/b40-22+. The van der Waals surface area contributed by atoms with Crippen LogP contribution in [0.5, 0.6) is 11.5 Å². The maximum Gasteiger partial charge on any atom is 0.271 e. The van der Waals surface area contributed by atoms with Crippen LogP contribution in [0.1, 0.15) is 27.0 Å². The molecule has 0 unspecified atom stereocenters. The van der Waals surface area contributed by atoms with Crippen LogP contribution in [0.2, 0.25) is 10.0 Å². The monoisotopic (exact) mass is 646 g/mol. The Morgan fingerprint density at radius 1 is 0.783 bits per heavy atom. The van der Waals surface area contributed by atoms with Crippen molar-refractivity contribution >= 4 is 35.3 Å². The summed E-state index contributed by atoms with van der Waals surface area (Å²) in [5.74, 6) is 0.990. The highest BCUT2D eigenvalue weighted by atomic mass is 35.5. The third-order valence-electron chi connectivity index (χ3n) is 7.04. The van der Waals surface area contributed by atoms with E-state index in [0.29, 0.717) is 33.7 Å². The number of amides is 1. The molecule has 0 spiro atoms. The molecule has 5 aromatic carbocycles. The number of hydrogen-bond donors (Lipinski definition) is 1. The summed E-state index contributed by atoms with van der Waals surface area (Å²) in [6.45, 7) is 0.753. The van der Waals surface area contributed by atoms with Crippen molar-refractivity contribution in [1.82, 2.24) is 15.2 Å². The van der Waals surface area contributed by atoms with Gasteiger partial charge in [-0.05, 0) is 78.4 Å². The molecule has 0 fully saturated rings. The Morgan fingerprint density at radius 3 is 2.13 bits per heavy atom. The zero-order valence-electron chi connectivity index (χ0n) is 24.5. The van der Waals surface area contributed by atoms with E-state index >= 15 is 0 Å². The van der Waals surface area contributed by atoms with Gasteiger partial charge in [0.1, 0.15) is 30.4 Å². The molecule has 0 aliphatic heterocycles. The van der Waals surface area contributed by atoms with Crippen molar-refractivity contribution in [2.75, 3.05) is 0 Å². The van der Waals surface area contributed by atoms with Crippen LogP contribution >= 0.6 is 23.2 Å². The van der Waals surface area contributed by atoms with E-state index < -0.39 is 0 Å². The molecule has 7 nitrogen and oxygen atoms in total. The molecule has 0 saturated carbocycles. The third-order valence-corrected chi connectivity index (χ3v) is 7.62. The average Bonchev–Trinajstić information content (AvgIpc) is 3.52. The molecule has 0 atom stereocenters. The molecular formula is C37H28Cl2N4O3. The molecule has 1 aromatic heterocycles. The first-order valence-corrected chi connectivity index (χ1v) is 15.2. The van der Waals surface area contributed by atoms with E-state index in [9.17, 15) is 4.79 Å². The lowest BCUT2D eigenvalue weighted by Crippen LogP contribution is -2.17. The van der Waals surface area contributed by atoms with Crippen LogP contribution in [0.4, 0.5) is 0 Å². The highest BCUT2D eigenvalue weighted by molar-refractivity contribution is 6.35. The Kier molecular flexibility index (Phi) is 9.73. The van der Waals surface area contributed by atoms with Crippen LogP contribution in [0.3, 0.4) is 0 Å². The highest BCUT2D eigenvalue weighted by Gasteiger charge is 2.12. The van der Waals surface area contributed by atoms with Gasteiger partial charge in [-0.1, -0.05) is 77.8 Å². The normalized spacial score (nSPS) is 11.0. The summed E-state index contributed by atoms with van der Waals surface area (Å²) < 4.78 is 13.6. The molecule has 46 heavy (non-hydrogen) atoms. The van der Waals surface area contributed by atoms with E-state index in [1.165, 1.54) is 0 Å². The molecule has 6 rings (SSSR count). The summed E-state index contributed by atoms with van der Waals surface area (Å²) in [6.07, 6.45) is 3.46. The Labute approximate surface area is 276 Å². The van der Waals surface area contributed by atoms with Crippen molar-refractivity contribution < 1.29 is 14.3 Å². The van der Waals surface area contributed by atoms with E-state index in [4.69, 9.17) is 37.8 Å². The summed E-state index contributed by atoms with van der Waals surface area (Å²) in [5.41, 5.74) is 8.16. The van der Waals surface area contributed by atoms with Crippen molar-refractivity contribution in [2.24, 2.45) is 5.10 Å². The number of para-hydroxylation sites is 1. The van der Waals surface area contributed by atoms with Gasteiger partial charge in [0.15, 0.2) is 0 Å². The van der Waals surface area contributed by atoms with Gasteiger partial charge in [-0.15, -0.1) is 0 Å². The quantitative estimate of drug-likeness (QED) is 0.113. The SMILES string of the molecule is O=C(N/N=C/c1cn(-c2ccccc2)nc1-c1ccc(OCc2ccccc2)cc1)c1ccc(OCc2ccc(Cl)cc2Cl)cc1. The molecular weight excluding hydrogens is 619 g/mol. The number of hydrogen-bond acceptors (Lipinski definition) is 5. The number of hydrazone groups is 1. The fourth-order valence-corrected chi connectivity index (χ4v) is 5.06. The summed E-state index contributed by atoms with van der Waals surface area (Å²) in [4.78, 5) is 12.9. The maximum absolute atomic E-state index is 12.9. The lowest BCUT2D eigenvalue weighted by Gasteiger charge is -2.08. The largest absolute Gasteiger partial charge is 0.489 e. The number of halogens is 2. The molecule has 9 heteroatoms. The van der Waals surface area contributed by atoms with Crippen LogP contribution < -0.4 is 14.9 Å². The second-order valence-electron chi connectivity index (χ2n) is 10.3. The topological polar surface area (TPSA) is 77.7 Å². The molecule has 0 aliphatic carbocycles. The predicted molar refractivity (Wildman–Crippen MR) is 182 cm³/mol. The fraction of sp³-hybridized carbons (Fsp3) is 0.0541. The molecule has 0 saturated heterocycles. The van der Waals surface area contributed by atoms with Gasteiger partial charge >= 0.3 is 0 Å². The second kappa shape index (κ2) is 14.6. The summed E-state index contributed by atoms with van der Waals surface area (Å²) in [6, 6.07) is 39.6. The van der Waals surface area contributed by atoms with Gasteiger partial charge in [-0.25, -0.2) is 10.1 Å². The third kappa shape index (κ3) is 7.82. The number of aromatic nitrogens is 2. The molecule has 1 N–H and O–H groups in total. The lowest BCUT2D eigenvalue weighted by molar-refractivity contribution is 0.0955. The molecule has 6 aromatic rings. The minimum atomic E-state index is -0.361. The second-order valence-corrected chi connectivity index (χ2v) is 11.1. The number of nitrogens with zero attached hydrogens (tertiary/aromatic N) is 3.